The molecular weight excluding hydrogens is 190 g/mol. The van der Waals surface area contributed by atoms with Gasteiger partial charge in [0.2, 0.25) is 0 Å². The van der Waals surface area contributed by atoms with Crippen LogP contribution < -0.4 is 0 Å². The van der Waals surface area contributed by atoms with E-state index in [9.17, 15) is 4.79 Å². The van der Waals surface area contributed by atoms with Crippen LogP contribution in [0.3, 0.4) is 0 Å². The fourth-order valence-electron chi connectivity index (χ4n) is 1.74. The summed E-state index contributed by atoms with van der Waals surface area (Å²) in [6.07, 6.45) is 1.40. The number of carbonyl (C=O) groups is 1. The molecule has 2 aromatic rings. The Morgan fingerprint density at radius 2 is 2.00 bits per heavy atom. The Hall–Kier alpha value is -1.90. The minimum absolute atomic E-state index is 0.229. The number of aromatic nitrogens is 1. The summed E-state index contributed by atoms with van der Waals surface area (Å²) >= 11 is 0. The lowest BCUT2D eigenvalue weighted by molar-refractivity contribution is 0.0696. The van der Waals surface area contributed by atoms with Crippen LogP contribution in [-0.4, -0.2) is 16.1 Å². The number of carboxylic acid groups (broad SMARTS) is 1. The molecule has 3 nitrogen and oxygen atoms in total. The highest BCUT2D eigenvalue weighted by Crippen LogP contribution is 2.19. The van der Waals surface area contributed by atoms with Gasteiger partial charge >= 0.3 is 5.97 Å². The van der Waals surface area contributed by atoms with E-state index in [0.29, 0.717) is 0 Å². The lowest BCUT2D eigenvalue weighted by atomic mass is 10.1. The van der Waals surface area contributed by atoms with E-state index in [2.05, 4.69) is 4.98 Å². The van der Waals surface area contributed by atoms with Gasteiger partial charge in [0.05, 0.1) is 11.1 Å². The van der Waals surface area contributed by atoms with Crippen LogP contribution in [-0.2, 0) is 0 Å². The zero-order valence-corrected chi connectivity index (χ0v) is 8.61. The molecule has 3 heteroatoms. The van der Waals surface area contributed by atoms with E-state index < -0.39 is 5.97 Å². The van der Waals surface area contributed by atoms with Gasteiger partial charge in [-0.05, 0) is 31.5 Å². The van der Waals surface area contributed by atoms with E-state index in [1.54, 1.807) is 6.07 Å². The van der Waals surface area contributed by atoms with Crippen molar-refractivity contribution in [2.24, 2.45) is 0 Å². The monoisotopic (exact) mass is 201 g/mol. The van der Waals surface area contributed by atoms with Gasteiger partial charge in [0.25, 0.3) is 0 Å². The molecule has 1 aromatic heterocycles. The molecular formula is C12H11NO2. The quantitative estimate of drug-likeness (QED) is 0.771. The first-order valence-corrected chi connectivity index (χ1v) is 4.68. The molecule has 0 amide bonds. The fourth-order valence-corrected chi connectivity index (χ4v) is 1.74. The Morgan fingerprint density at radius 3 is 2.67 bits per heavy atom. The van der Waals surface area contributed by atoms with Gasteiger partial charge in [0.15, 0.2) is 0 Å². The predicted octanol–water partition coefficient (Wildman–Crippen LogP) is 2.55. The van der Waals surface area contributed by atoms with E-state index in [1.807, 2.05) is 26.0 Å². The molecule has 76 valence electrons. The highest BCUT2D eigenvalue weighted by Gasteiger charge is 2.06. The van der Waals surface area contributed by atoms with Gasteiger partial charge in [-0.2, -0.15) is 0 Å². The van der Waals surface area contributed by atoms with Crippen LogP contribution in [0.4, 0.5) is 0 Å². The third kappa shape index (κ3) is 1.68. The minimum atomic E-state index is -0.941. The number of aryl methyl sites for hydroxylation is 2. The molecule has 0 aliphatic rings. The van der Waals surface area contributed by atoms with Gasteiger partial charge in [-0.3, -0.25) is 4.98 Å². The number of carboxylic acids is 1. The van der Waals surface area contributed by atoms with Crippen molar-refractivity contribution in [3.05, 3.63) is 41.1 Å². The molecule has 0 radical (unpaired) electrons. The number of aromatic carboxylic acids is 1. The second-order valence-electron chi connectivity index (χ2n) is 3.68. The number of nitrogens with zero attached hydrogens (tertiary/aromatic N) is 1. The third-order valence-corrected chi connectivity index (χ3v) is 2.36. The predicted molar refractivity (Wildman–Crippen MR) is 58.2 cm³/mol. The number of rotatable bonds is 1. The largest absolute Gasteiger partial charge is 0.478 e. The van der Waals surface area contributed by atoms with Crippen molar-refractivity contribution in [3.63, 3.8) is 0 Å². The smallest absolute Gasteiger partial charge is 0.337 e. The first kappa shape index (κ1) is 9.65. The van der Waals surface area contributed by atoms with Crippen LogP contribution in [0.1, 0.15) is 21.5 Å². The van der Waals surface area contributed by atoms with Gasteiger partial charge in [0.1, 0.15) is 0 Å². The highest BCUT2D eigenvalue weighted by molar-refractivity contribution is 5.93. The first-order valence-electron chi connectivity index (χ1n) is 4.68. The summed E-state index contributed by atoms with van der Waals surface area (Å²) < 4.78 is 0. The van der Waals surface area contributed by atoms with Crippen LogP contribution in [0.25, 0.3) is 10.9 Å². The lowest BCUT2D eigenvalue weighted by Gasteiger charge is -2.04. The summed E-state index contributed by atoms with van der Waals surface area (Å²) in [4.78, 5) is 14.9. The van der Waals surface area contributed by atoms with Gasteiger partial charge in [-0.1, -0.05) is 11.6 Å². The van der Waals surface area contributed by atoms with Crippen molar-refractivity contribution < 1.29 is 9.90 Å². The van der Waals surface area contributed by atoms with Crippen molar-refractivity contribution in [2.45, 2.75) is 13.8 Å². The minimum Gasteiger partial charge on any atom is -0.478 e. The SMILES string of the molecule is Cc1cc(C)c2ncc(C(=O)O)cc2c1. The second-order valence-corrected chi connectivity index (χ2v) is 3.68. The topological polar surface area (TPSA) is 50.2 Å². The molecule has 0 saturated heterocycles. The average molecular weight is 201 g/mol. The molecule has 15 heavy (non-hydrogen) atoms. The number of hydrogen-bond donors (Lipinski definition) is 1. The van der Waals surface area contributed by atoms with E-state index >= 15 is 0 Å². The standard InChI is InChI=1S/C12H11NO2/c1-7-3-8(2)11-9(4-7)5-10(6-13-11)12(14)15/h3-6H,1-2H3,(H,14,15). The van der Waals surface area contributed by atoms with E-state index in [-0.39, 0.29) is 5.56 Å². The number of fused-ring (bicyclic) bond motifs is 1. The third-order valence-electron chi connectivity index (χ3n) is 2.36. The normalized spacial score (nSPS) is 10.5. The summed E-state index contributed by atoms with van der Waals surface area (Å²) in [7, 11) is 0. The van der Waals surface area contributed by atoms with Crippen LogP contribution in [0.15, 0.2) is 24.4 Å². The molecule has 0 saturated carbocycles. The summed E-state index contributed by atoms with van der Waals surface area (Å²) in [5.74, 6) is -0.941. The van der Waals surface area contributed by atoms with Gasteiger partial charge in [-0.25, -0.2) is 4.79 Å². The fraction of sp³-hybridized carbons (Fsp3) is 0.167. The number of hydrogen-bond acceptors (Lipinski definition) is 2. The summed E-state index contributed by atoms with van der Waals surface area (Å²) in [6.45, 7) is 3.96. The Labute approximate surface area is 87.4 Å². The van der Waals surface area contributed by atoms with Crippen LogP contribution in [0.5, 0.6) is 0 Å². The maximum absolute atomic E-state index is 10.8. The van der Waals surface area contributed by atoms with Crippen molar-refractivity contribution >= 4 is 16.9 Å². The highest BCUT2D eigenvalue weighted by atomic mass is 16.4. The Morgan fingerprint density at radius 1 is 1.27 bits per heavy atom. The van der Waals surface area contributed by atoms with Gasteiger partial charge in [-0.15, -0.1) is 0 Å². The maximum atomic E-state index is 10.8. The van der Waals surface area contributed by atoms with E-state index in [1.165, 1.54) is 6.20 Å². The first-order chi connectivity index (χ1) is 7.08. The number of pyridine rings is 1. The zero-order chi connectivity index (χ0) is 11.0. The van der Waals surface area contributed by atoms with Crippen LogP contribution in [0, 0.1) is 13.8 Å². The summed E-state index contributed by atoms with van der Waals surface area (Å²) in [6, 6.07) is 5.64. The molecule has 0 atom stereocenters. The van der Waals surface area contributed by atoms with Crippen molar-refractivity contribution in [1.82, 2.24) is 4.98 Å². The second kappa shape index (κ2) is 3.35. The number of benzene rings is 1. The molecule has 0 bridgehead atoms. The van der Waals surface area contributed by atoms with Gasteiger partial charge < -0.3 is 5.11 Å². The van der Waals surface area contributed by atoms with E-state index in [0.717, 1.165) is 22.0 Å². The zero-order valence-electron chi connectivity index (χ0n) is 8.61. The molecule has 0 aliphatic carbocycles. The van der Waals surface area contributed by atoms with Gasteiger partial charge in [0, 0.05) is 11.6 Å². The maximum Gasteiger partial charge on any atom is 0.337 e. The lowest BCUT2D eigenvalue weighted by Crippen LogP contribution is -1.97. The van der Waals surface area contributed by atoms with Crippen LogP contribution >= 0.6 is 0 Å². The summed E-state index contributed by atoms with van der Waals surface area (Å²) in [5, 5.41) is 9.72. The Kier molecular flexibility index (Phi) is 2.15. The Bertz CT molecular complexity index is 547. The molecule has 1 aromatic carbocycles. The molecule has 0 unspecified atom stereocenters. The molecule has 0 spiro atoms. The van der Waals surface area contributed by atoms with E-state index in [4.69, 9.17) is 5.11 Å². The average Bonchev–Trinajstić information content (AvgIpc) is 2.16. The molecule has 0 fully saturated rings. The van der Waals surface area contributed by atoms with Crippen molar-refractivity contribution in [2.75, 3.05) is 0 Å². The molecule has 0 aliphatic heterocycles. The van der Waals surface area contributed by atoms with Crippen molar-refractivity contribution in [1.29, 1.82) is 0 Å². The molecule has 2 rings (SSSR count). The van der Waals surface area contributed by atoms with Crippen LogP contribution in [0.2, 0.25) is 0 Å². The summed E-state index contributed by atoms with van der Waals surface area (Å²) in [5.41, 5.74) is 3.28. The van der Waals surface area contributed by atoms with Crippen molar-refractivity contribution in [3.8, 4) is 0 Å². The Balaban J connectivity index is 2.76. The molecule has 1 heterocycles. The molecule has 1 N–H and O–H groups in total.